The molecule has 4 nitrogen and oxygen atoms in total. The quantitative estimate of drug-likeness (QED) is 0.696. The smallest absolute Gasteiger partial charge is 0.156 e. The van der Waals surface area contributed by atoms with Crippen LogP contribution in [0.25, 0.3) is 0 Å². The van der Waals surface area contributed by atoms with E-state index in [1.54, 1.807) is 5.57 Å². The van der Waals surface area contributed by atoms with Gasteiger partial charge in [0.15, 0.2) is 5.78 Å². The lowest BCUT2D eigenvalue weighted by Gasteiger charge is -2.50. The van der Waals surface area contributed by atoms with Crippen molar-refractivity contribution in [2.24, 2.45) is 22.4 Å². The Kier molecular flexibility index (Phi) is 3.53. The second kappa shape index (κ2) is 5.37. The van der Waals surface area contributed by atoms with Crippen molar-refractivity contribution in [2.75, 3.05) is 0 Å². The van der Waals surface area contributed by atoms with E-state index in [1.807, 2.05) is 6.08 Å². The molecule has 0 aromatic heterocycles. The fourth-order valence-electron chi connectivity index (χ4n) is 6.25. The summed E-state index contributed by atoms with van der Waals surface area (Å²) in [5, 5.41) is 12.8. The van der Waals surface area contributed by atoms with Gasteiger partial charge in [0.25, 0.3) is 0 Å². The van der Waals surface area contributed by atoms with Crippen molar-refractivity contribution in [1.82, 2.24) is 0 Å². The molecule has 2 saturated carbocycles. The van der Waals surface area contributed by atoms with E-state index < -0.39 is 5.54 Å². The summed E-state index contributed by atoms with van der Waals surface area (Å²) in [6.45, 7) is 2.21. The molecule has 4 atom stereocenters. The number of nitrogens with zero attached hydrogens (tertiary/aromatic N) is 2. The topological polar surface area (TPSA) is 70.3 Å². The zero-order chi connectivity index (χ0) is 16.9. The highest BCUT2D eigenvalue weighted by Gasteiger charge is 2.62. The van der Waals surface area contributed by atoms with Gasteiger partial charge in [-0.05, 0) is 74.0 Å². The van der Waals surface area contributed by atoms with E-state index in [0.717, 1.165) is 44.9 Å². The minimum Gasteiger partial charge on any atom is -0.295 e. The molecule has 24 heavy (non-hydrogen) atoms. The number of nitroso groups, excluding NO2 is 1. The molecule has 4 aliphatic carbocycles. The highest BCUT2D eigenvalue weighted by molar-refractivity contribution is 5.93. The number of hydrogen-bond donors (Lipinski definition) is 0. The van der Waals surface area contributed by atoms with E-state index in [4.69, 9.17) is 0 Å². The molecule has 0 N–H and O–H groups in total. The lowest BCUT2D eigenvalue weighted by Crippen LogP contribution is -2.48. The monoisotopic (exact) mass is 324 g/mol. The van der Waals surface area contributed by atoms with E-state index in [9.17, 15) is 15.0 Å². The first-order chi connectivity index (χ1) is 11.5. The number of carbonyl (C=O) groups excluding carboxylic acids is 1. The Morgan fingerprint density at radius 3 is 2.83 bits per heavy atom. The summed E-state index contributed by atoms with van der Waals surface area (Å²) in [5.74, 6) is 1.25. The molecule has 0 bridgehead atoms. The Labute approximate surface area is 143 Å². The summed E-state index contributed by atoms with van der Waals surface area (Å²) in [4.78, 5) is 23.5. The molecule has 0 aliphatic heterocycles. The summed E-state index contributed by atoms with van der Waals surface area (Å²) in [7, 11) is 0. The van der Waals surface area contributed by atoms with Gasteiger partial charge in [-0.2, -0.15) is 10.2 Å². The lowest BCUT2D eigenvalue weighted by molar-refractivity contribution is -0.114. The van der Waals surface area contributed by atoms with Crippen molar-refractivity contribution < 1.29 is 4.79 Å². The second-order valence-corrected chi connectivity index (χ2v) is 8.31. The number of fused-ring (bicyclic) bond motifs is 4. The van der Waals surface area contributed by atoms with E-state index in [-0.39, 0.29) is 17.6 Å². The van der Waals surface area contributed by atoms with Crippen LogP contribution in [-0.4, -0.2) is 11.3 Å². The van der Waals surface area contributed by atoms with Crippen molar-refractivity contribution in [3.8, 4) is 6.07 Å². The Morgan fingerprint density at radius 1 is 1.25 bits per heavy atom. The lowest BCUT2D eigenvalue weighted by atomic mass is 9.54. The molecule has 2 fully saturated rings. The molecule has 4 aliphatic rings. The van der Waals surface area contributed by atoms with E-state index >= 15 is 0 Å². The Morgan fingerprint density at radius 2 is 2.08 bits per heavy atom. The second-order valence-electron chi connectivity index (χ2n) is 8.31. The summed E-state index contributed by atoms with van der Waals surface area (Å²) >= 11 is 0. The third-order valence-electron chi connectivity index (χ3n) is 7.60. The first kappa shape index (κ1) is 15.7. The Balaban J connectivity index is 1.74. The van der Waals surface area contributed by atoms with Crippen LogP contribution in [0.2, 0.25) is 0 Å². The van der Waals surface area contributed by atoms with Gasteiger partial charge in [0.1, 0.15) is 5.54 Å². The van der Waals surface area contributed by atoms with Crippen LogP contribution < -0.4 is 0 Å². The van der Waals surface area contributed by atoms with E-state index in [2.05, 4.69) is 18.2 Å². The number of ketones is 1. The SMILES string of the molecule is C[C@]12CCC3=C4CCC(=O)C=C4CCC3C1CC[C@]2(CC#N)N=O. The van der Waals surface area contributed by atoms with Crippen LogP contribution in [0.5, 0.6) is 0 Å². The summed E-state index contributed by atoms with van der Waals surface area (Å²) in [6, 6.07) is 2.23. The van der Waals surface area contributed by atoms with Crippen LogP contribution in [0.15, 0.2) is 28.0 Å². The molecule has 0 aromatic carbocycles. The van der Waals surface area contributed by atoms with Gasteiger partial charge in [-0.15, -0.1) is 0 Å². The van der Waals surface area contributed by atoms with E-state index in [0.29, 0.717) is 18.3 Å². The van der Waals surface area contributed by atoms with Crippen molar-refractivity contribution >= 4 is 5.78 Å². The molecule has 0 spiro atoms. The fourth-order valence-corrected chi connectivity index (χ4v) is 6.25. The van der Waals surface area contributed by atoms with Crippen LogP contribution in [-0.2, 0) is 4.79 Å². The minimum atomic E-state index is -0.693. The predicted molar refractivity (Wildman–Crippen MR) is 90.9 cm³/mol. The van der Waals surface area contributed by atoms with Crippen LogP contribution in [0, 0.1) is 33.5 Å². The molecule has 4 heteroatoms. The number of nitriles is 1. The van der Waals surface area contributed by atoms with Crippen LogP contribution in [0.4, 0.5) is 0 Å². The van der Waals surface area contributed by atoms with Crippen LogP contribution in [0.1, 0.15) is 64.7 Å². The molecule has 0 saturated heterocycles. The molecule has 0 aromatic rings. The molecule has 2 unspecified atom stereocenters. The number of rotatable bonds is 2. The maximum absolute atomic E-state index is 11.7. The molecular formula is C20H24N2O2. The van der Waals surface area contributed by atoms with Crippen LogP contribution >= 0.6 is 0 Å². The maximum atomic E-state index is 11.7. The van der Waals surface area contributed by atoms with Crippen molar-refractivity contribution in [3.63, 3.8) is 0 Å². The summed E-state index contributed by atoms with van der Waals surface area (Å²) in [5.41, 5.74) is 3.44. The standard InChI is InChI=1S/C20H24N2O2/c1-19-8-6-16-15-5-3-14(23)12-13(15)2-4-17(16)18(19)7-9-20(19,22-24)10-11-21/h12,17-18H,2-10H2,1H3/t17?,18?,19-,20+/m0/s1. The first-order valence-electron chi connectivity index (χ1n) is 9.22. The van der Waals surface area contributed by atoms with Gasteiger partial charge < -0.3 is 0 Å². The van der Waals surface area contributed by atoms with Crippen LogP contribution in [0.3, 0.4) is 0 Å². The van der Waals surface area contributed by atoms with E-state index in [1.165, 1.54) is 11.1 Å². The average molecular weight is 324 g/mol. The zero-order valence-electron chi connectivity index (χ0n) is 14.3. The number of carbonyl (C=O) groups is 1. The Bertz CT molecular complexity index is 714. The van der Waals surface area contributed by atoms with Crippen molar-refractivity contribution in [1.29, 1.82) is 5.26 Å². The van der Waals surface area contributed by atoms with Gasteiger partial charge in [-0.25, -0.2) is 0 Å². The third-order valence-corrected chi connectivity index (χ3v) is 7.60. The molecule has 126 valence electrons. The number of hydrogen-bond acceptors (Lipinski definition) is 4. The Hall–Kier alpha value is -1.76. The predicted octanol–water partition coefficient (Wildman–Crippen LogP) is 4.61. The van der Waals surface area contributed by atoms with Gasteiger partial charge >= 0.3 is 0 Å². The minimum absolute atomic E-state index is 0.148. The van der Waals surface area contributed by atoms with Gasteiger partial charge in [0.2, 0.25) is 0 Å². The third kappa shape index (κ3) is 1.93. The summed E-state index contributed by atoms with van der Waals surface area (Å²) < 4.78 is 0. The van der Waals surface area contributed by atoms with Gasteiger partial charge in [0.05, 0.1) is 12.5 Å². The zero-order valence-corrected chi connectivity index (χ0v) is 14.3. The maximum Gasteiger partial charge on any atom is 0.156 e. The van der Waals surface area contributed by atoms with Gasteiger partial charge in [-0.1, -0.05) is 17.7 Å². The molecule has 0 heterocycles. The van der Waals surface area contributed by atoms with Gasteiger partial charge in [-0.3, -0.25) is 4.79 Å². The largest absolute Gasteiger partial charge is 0.295 e. The molecule has 0 radical (unpaired) electrons. The molecular weight excluding hydrogens is 300 g/mol. The summed E-state index contributed by atoms with van der Waals surface area (Å²) in [6.07, 6.45) is 9.44. The van der Waals surface area contributed by atoms with Gasteiger partial charge in [0, 0.05) is 11.8 Å². The van der Waals surface area contributed by atoms with Crippen molar-refractivity contribution in [2.45, 2.75) is 70.3 Å². The average Bonchev–Trinajstić information content (AvgIpc) is 2.88. The fraction of sp³-hybridized carbons (Fsp3) is 0.700. The normalized spacial score (nSPS) is 41.0. The number of allylic oxidation sites excluding steroid dienone is 4. The molecule has 4 rings (SSSR count). The molecule has 0 amide bonds. The highest BCUT2D eigenvalue weighted by Crippen LogP contribution is 2.65. The first-order valence-corrected chi connectivity index (χ1v) is 9.22. The van der Waals surface area contributed by atoms with Crippen molar-refractivity contribution in [3.05, 3.63) is 27.7 Å². The highest BCUT2D eigenvalue weighted by atomic mass is 16.3.